The van der Waals surface area contributed by atoms with Crippen molar-refractivity contribution in [3.05, 3.63) is 29.3 Å². The highest BCUT2D eigenvalue weighted by Gasteiger charge is 2.13. The first kappa shape index (κ1) is 10.9. The lowest BCUT2D eigenvalue weighted by Gasteiger charge is -2.11. The maximum absolute atomic E-state index is 13.2. The minimum absolute atomic E-state index is 0.0716. The Kier molecular flexibility index (Phi) is 3.38. The number of halogens is 2. The summed E-state index contributed by atoms with van der Waals surface area (Å²) in [5, 5.41) is 11.6. The Morgan fingerprint density at radius 3 is 2.29 bits per heavy atom. The fraction of sp³-hybridized carbons (Fsp3) is 0.333. The van der Waals surface area contributed by atoms with Crippen LogP contribution < -0.4 is 11.1 Å². The molecule has 0 bridgehead atoms. The molecule has 78 valence electrons. The molecule has 4 N–H and O–H groups in total. The second-order valence-corrected chi connectivity index (χ2v) is 2.86. The molecule has 0 aromatic heterocycles. The normalized spacial score (nSPS) is 12.6. The third-order valence-electron chi connectivity index (χ3n) is 1.92. The van der Waals surface area contributed by atoms with Crippen molar-refractivity contribution in [2.75, 3.05) is 18.9 Å². The summed E-state index contributed by atoms with van der Waals surface area (Å²) in [6.07, 6.45) is -1.04. The number of rotatable bonds is 3. The molecule has 5 heteroatoms. The summed E-state index contributed by atoms with van der Waals surface area (Å²) in [6, 6.07) is 2.12. The molecule has 0 aliphatic carbocycles. The Bertz CT molecular complexity index is 308. The molecule has 1 aromatic rings. The van der Waals surface area contributed by atoms with Crippen LogP contribution in [0.1, 0.15) is 11.7 Å². The molecule has 0 saturated carbocycles. The van der Waals surface area contributed by atoms with Gasteiger partial charge in [0.05, 0.1) is 6.10 Å². The van der Waals surface area contributed by atoms with Gasteiger partial charge in [0.2, 0.25) is 0 Å². The molecule has 0 aliphatic heterocycles. The number of aliphatic hydroxyl groups excluding tert-OH is 1. The van der Waals surface area contributed by atoms with Gasteiger partial charge in [-0.15, -0.1) is 0 Å². The van der Waals surface area contributed by atoms with Gasteiger partial charge >= 0.3 is 0 Å². The van der Waals surface area contributed by atoms with Crippen molar-refractivity contribution in [1.29, 1.82) is 0 Å². The second-order valence-electron chi connectivity index (χ2n) is 2.86. The van der Waals surface area contributed by atoms with Gasteiger partial charge in [0.1, 0.15) is 17.3 Å². The topological polar surface area (TPSA) is 58.3 Å². The first-order chi connectivity index (χ1) is 6.60. The molecule has 1 rings (SSSR count). The first-order valence-electron chi connectivity index (χ1n) is 4.15. The van der Waals surface area contributed by atoms with Gasteiger partial charge in [0.25, 0.3) is 0 Å². The standard InChI is InChI=1S/C9H12F2N2O/c1-13-9-6(10)2-5(3-7(9)11)8(14)4-12/h2-3,8,13-14H,4,12H2,1H3/t8-/m0/s1. The van der Waals surface area contributed by atoms with E-state index in [2.05, 4.69) is 5.32 Å². The molecule has 0 amide bonds. The van der Waals surface area contributed by atoms with E-state index in [-0.39, 0.29) is 17.8 Å². The highest BCUT2D eigenvalue weighted by atomic mass is 19.1. The Hall–Kier alpha value is -1.20. The predicted molar refractivity (Wildman–Crippen MR) is 49.9 cm³/mol. The molecule has 1 aromatic carbocycles. The highest BCUT2D eigenvalue weighted by Crippen LogP contribution is 2.23. The number of nitrogens with one attached hydrogen (secondary N) is 1. The minimum Gasteiger partial charge on any atom is -0.387 e. The van der Waals surface area contributed by atoms with Crippen LogP contribution in [0, 0.1) is 11.6 Å². The zero-order chi connectivity index (χ0) is 10.7. The number of nitrogens with two attached hydrogens (primary N) is 1. The van der Waals surface area contributed by atoms with Crippen molar-refractivity contribution in [2.24, 2.45) is 5.73 Å². The van der Waals surface area contributed by atoms with E-state index in [0.717, 1.165) is 12.1 Å². The summed E-state index contributed by atoms with van der Waals surface area (Å²) in [7, 11) is 1.42. The van der Waals surface area contributed by atoms with Crippen LogP contribution in [-0.2, 0) is 0 Å². The molecule has 0 aliphatic rings. The minimum atomic E-state index is -1.04. The Labute approximate surface area is 80.5 Å². The number of hydrogen-bond acceptors (Lipinski definition) is 3. The average Bonchev–Trinajstić information content (AvgIpc) is 2.16. The molecular weight excluding hydrogens is 190 g/mol. The maximum Gasteiger partial charge on any atom is 0.149 e. The maximum atomic E-state index is 13.2. The molecule has 14 heavy (non-hydrogen) atoms. The monoisotopic (exact) mass is 202 g/mol. The predicted octanol–water partition coefficient (Wildman–Crippen LogP) is 0.999. The molecular formula is C9H12F2N2O. The van der Waals surface area contributed by atoms with Gasteiger partial charge in [-0.2, -0.15) is 0 Å². The lowest BCUT2D eigenvalue weighted by Crippen LogP contribution is -2.12. The zero-order valence-electron chi connectivity index (χ0n) is 7.72. The lowest BCUT2D eigenvalue weighted by atomic mass is 10.1. The molecule has 0 unspecified atom stereocenters. The van der Waals surface area contributed by atoms with E-state index in [1.165, 1.54) is 7.05 Å². The van der Waals surface area contributed by atoms with Crippen LogP contribution in [-0.4, -0.2) is 18.7 Å². The molecule has 0 radical (unpaired) electrons. The Morgan fingerprint density at radius 1 is 1.43 bits per heavy atom. The van der Waals surface area contributed by atoms with Crippen molar-refractivity contribution < 1.29 is 13.9 Å². The zero-order valence-corrected chi connectivity index (χ0v) is 7.72. The van der Waals surface area contributed by atoms with Gasteiger partial charge in [0, 0.05) is 13.6 Å². The third kappa shape index (κ3) is 2.00. The van der Waals surface area contributed by atoms with Gasteiger partial charge in [-0.25, -0.2) is 8.78 Å². The van der Waals surface area contributed by atoms with Crippen molar-refractivity contribution in [1.82, 2.24) is 0 Å². The van der Waals surface area contributed by atoms with Gasteiger partial charge in [-0.3, -0.25) is 0 Å². The fourth-order valence-corrected chi connectivity index (χ4v) is 1.16. The van der Waals surface area contributed by atoms with Crippen LogP contribution in [0.25, 0.3) is 0 Å². The molecule has 1 atom stereocenters. The van der Waals surface area contributed by atoms with Crippen molar-refractivity contribution in [2.45, 2.75) is 6.10 Å². The summed E-state index contributed by atoms with van der Waals surface area (Å²) in [6.45, 7) is -0.0716. The first-order valence-corrected chi connectivity index (χ1v) is 4.15. The molecule has 0 fully saturated rings. The number of hydrogen-bond donors (Lipinski definition) is 3. The summed E-state index contributed by atoms with van der Waals surface area (Å²) in [5.74, 6) is -1.48. The van der Waals surface area contributed by atoms with Crippen molar-refractivity contribution in [3.63, 3.8) is 0 Å². The second kappa shape index (κ2) is 4.34. The van der Waals surface area contributed by atoms with E-state index in [4.69, 9.17) is 5.73 Å². The number of anilines is 1. The van der Waals surface area contributed by atoms with Crippen molar-refractivity contribution in [3.8, 4) is 0 Å². The van der Waals surface area contributed by atoms with Crippen molar-refractivity contribution >= 4 is 5.69 Å². The van der Waals surface area contributed by atoms with Crippen LogP contribution in [0.3, 0.4) is 0 Å². The molecule has 0 heterocycles. The average molecular weight is 202 g/mol. The summed E-state index contributed by atoms with van der Waals surface area (Å²) < 4.78 is 26.3. The van der Waals surface area contributed by atoms with E-state index in [1.807, 2.05) is 0 Å². The van der Waals surface area contributed by atoms with E-state index in [1.54, 1.807) is 0 Å². The highest BCUT2D eigenvalue weighted by molar-refractivity contribution is 5.47. The van der Waals surface area contributed by atoms with Crippen LogP contribution in [0.2, 0.25) is 0 Å². The Balaban J connectivity index is 3.13. The van der Waals surface area contributed by atoms with Gasteiger partial charge in [-0.1, -0.05) is 0 Å². The lowest BCUT2D eigenvalue weighted by molar-refractivity contribution is 0.186. The summed E-state index contributed by atoms with van der Waals surface area (Å²) >= 11 is 0. The Morgan fingerprint density at radius 2 is 1.93 bits per heavy atom. The SMILES string of the molecule is CNc1c(F)cc([C@@H](O)CN)cc1F. The van der Waals surface area contributed by atoms with E-state index < -0.39 is 17.7 Å². The molecule has 3 nitrogen and oxygen atoms in total. The summed E-state index contributed by atoms with van der Waals surface area (Å²) in [4.78, 5) is 0. The van der Waals surface area contributed by atoms with E-state index >= 15 is 0 Å². The summed E-state index contributed by atoms with van der Waals surface area (Å²) in [5.41, 5.74) is 5.09. The van der Waals surface area contributed by atoms with Gasteiger partial charge in [0.15, 0.2) is 0 Å². The smallest absolute Gasteiger partial charge is 0.149 e. The molecule has 0 spiro atoms. The fourth-order valence-electron chi connectivity index (χ4n) is 1.16. The number of benzene rings is 1. The van der Waals surface area contributed by atoms with Crippen LogP contribution >= 0.6 is 0 Å². The quantitative estimate of drug-likeness (QED) is 0.685. The third-order valence-corrected chi connectivity index (χ3v) is 1.92. The largest absolute Gasteiger partial charge is 0.387 e. The van der Waals surface area contributed by atoms with E-state index in [9.17, 15) is 13.9 Å². The molecule has 0 saturated heterocycles. The number of aliphatic hydroxyl groups is 1. The van der Waals surface area contributed by atoms with Crippen LogP contribution in [0.15, 0.2) is 12.1 Å². The van der Waals surface area contributed by atoms with Gasteiger partial charge in [-0.05, 0) is 17.7 Å². The van der Waals surface area contributed by atoms with E-state index in [0.29, 0.717) is 0 Å². The van der Waals surface area contributed by atoms with Crippen LogP contribution in [0.4, 0.5) is 14.5 Å². The van der Waals surface area contributed by atoms with Gasteiger partial charge < -0.3 is 16.2 Å². The van der Waals surface area contributed by atoms with Crippen LogP contribution in [0.5, 0.6) is 0 Å².